The second kappa shape index (κ2) is 3.88. The third-order valence-electron chi connectivity index (χ3n) is 1.66. The molecule has 0 aliphatic carbocycles. The molecule has 0 bridgehead atoms. The van der Waals surface area contributed by atoms with Gasteiger partial charge in [0.2, 0.25) is 0 Å². The van der Waals surface area contributed by atoms with E-state index >= 15 is 0 Å². The molecular formula is C7H10N2O4. The maximum atomic E-state index is 11.0. The van der Waals surface area contributed by atoms with Gasteiger partial charge in [0.05, 0.1) is 14.2 Å². The van der Waals surface area contributed by atoms with Crippen LogP contribution in [0.25, 0.3) is 0 Å². The van der Waals surface area contributed by atoms with Crippen molar-refractivity contribution in [2.24, 2.45) is 5.10 Å². The molecule has 0 saturated heterocycles. The van der Waals surface area contributed by atoms with Gasteiger partial charge < -0.3 is 9.47 Å². The highest BCUT2D eigenvalue weighted by Crippen LogP contribution is 2.05. The predicted molar refractivity (Wildman–Crippen MR) is 43.0 cm³/mol. The minimum Gasteiger partial charge on any atom is -0.467 e. The van der Waals surface area contributed by atoms with Crippen molar-refractivity contribution in [3.05, 3.63) is 0 Å². The third-order valence-corrected chi connectivity index (χ3v) is 1.66. The second-order valence-electron chi connectivity index (χ2n) is 2.46. The van der Waals surface area contributed by atoms with Crippen molar-refractivity contribution >= 4 is 17.7 Å². The second-order valence-corrected chi connectivity index (χ2v) is 2.46. The first-order chi connectivity index (χ1) is 6.19. The fourth-order valence-electron chi connectivity index (χ4n) is 0.966. The molecule has 1 atom stereocenters. The molecule has 0 amide bonds. The van der Waals surface area contributed by atoms with Gasteiger partial charge in [0.1, 0.15) is 11.8 Å². The largest absolute Gasteiger partial charge is 0.467 e. The number of methoxy groups -OCH3 is 2. The van der Waals surface area contributed by atoms with E-state index in [2.05, 4.69) is 20.0 Å². The average molecular weight is 186 g/mol. The van der Waals surface area contributed by atoms with Gasteiger partial charge in [-0.2, -0.15) is 5.10 Å². The highest BCUT2D eigenvalue weighted by Gasteiger charge is 2.29. The molecule has 0 radical (unpaired) electrons. The number of rotatable bonds is 2. The number of nitrogens with one attached hydrogen (secondary N) is 1. The number of hydrogen-bond acceptors (Lipinski definition) is 6. The molecule has 1 aliphatic rings. The molecular weight excluding hydrogens is 176 g/mol. The number of hydrogen-bond donors (Lipinski definition) is 1. The van der Waals surface area contributed by atoms with Gasteiger partial charge in [-0.15, -0.1) is 0 Å². The van der Waals surface area contributed by atoms with Crippen molar-refractivity contribution in [1.29, 1.82) is 0 Å². The van der Waals surface area contributed by atoms with Crippen molar-refractivity contribution in [1.82, 2.24) is 5.43 Å². The number of hydrazone groups is 1. The Hall–Kier alpha value is -1.59. The Morgan fingerprint density at radius 1 is 1.46 bits per heavy atom. The summed E-state index contributed by atoms with van der Waals surface area (Å²) in [5.74, 6) is -0.971. The molecule has 0 saturated carbocycles. The summed E-state index contributed by atoms with van der Waals surface area (Å²) < 4.78 is 8.90. The quantitative estimate of drug-likeness (QED) is 0.562. The van der Waals surface area contributed by atoms with Gasteiger partial charge in [-0.25, -0.2) is 9.59 Å². The number of nitrogens with zero attached hydrogens (tertiary/aromatic N) is 1. The lowest BCUT2D eigenvalue weighted by atomic mass is 10.1. The molecule has 1 aliphatic heterocycles. The zero-order valence-corrected chi connectivity index (χ0v) is 7.36. The summed E-state index contributed by atoms with van der Waals surface area (Å²) in [6, 6.07) is -0.570. The van der Waals surface area contributed by atoms with E-state index in [1.165, 1.54) is 14.2 Å². The molecule has 6 nitrogen and oxygen atoms in total. The van der Waals surface area contributed by atoms with E-state index < -0.39 is 18.0 Å². The van der Waals surface area contributed by atoms with Crippen LogP contribution in [0.15, 0.2) is 5.10 Å². The SMILES string of the molecule is COC(=O)C1=NN[C@H](C(=O)OC)C1. The molecule has 1 N–H and O–H groups in total. The van der Waals surface area contributed by atoms with Gasteiger partial charge >= 0.3 is 11.9 Å². The van der Waals surface area contributed by atoms with Crippen LogP contribution in [0.3, 0.4) is 0 Å². The fourth-order valence-corrected chi connectivity index (χ4v) is 0.966. The van der Waals surface area contributed by atoms with E-state index in [-0.39, 0.29) is 12.1 Å². The summed E-state index contributed by atoms with van der Waals surface area (Å²) in [5.41, 5.74) is 2.69. The minimum absolute atomic E-state index is 0.206. The lowest BCUT2D eigenvalue weighted by Gasteiger charge is -2.05. The van der Waals surface area contributed by atoms with Crippen molar-refractivity contribution in [3.8, 4) is 0 Å². The standard InChI is InChI=1S/C7H10N2O4/c1-12-6(10)4-3-5(9-8-4)7(11)13-2/h4,8H,3H2,1-2H3/t4-/m0/s1. The first-order valence-electron chi connectivity index (χ1n) is 3.67. The van der Waals surface area contributed by atoms with Crippen molar-refractivity contribution < 1.29 is 19.1 Å². The van der Waals surface area contributed by atoms with E-state index in [4.69, 9.17) is 0 Å². The molecule has 0 aromatic heterocycles. The topological polar surface area (TPSA) is 77.0 Å². The van der Waals surface area contributed by atoms with Crippen LogP contribution in [0.2, 0.25) is 0 Å². The molecule has 0 aromatic rings. The van der Waals surface area contributed by atoms with Gasteiger partial charge in [-0.1, -0.05) is 0 Å². The Balaban J connectivity index is 2.51. The molecule has 6 heteroatoms. The van der Waals surface area contributed by atoms with E-state index in [9.17, 15) is 9.59 Å². The fraction of sp³-hybridized carbons (Fsp3) is 0.571. The highest BCUT2D eigenvalue weighted by atomic mass is 16.5. The Kier molecular flexibility index (Phi) is 2.84. The zero-order valence-electron chi connectivity index (χ0n) is 7.36. The first kappa shape index (κ1) is 9.50. The maximum absolute atomic E-state index is 11.0. The Bertz CT molecular complexity index is 261. The first-order valence-corrected chi connectivity index (χ1v) is 3.67. The summed E-state index contributed by atoms with van der Waals surface area (Å²) >= 11 is 0. The van der Waals surface area contributed by atoms with Crippen molar-refractivity contribution in [2.75, 3.05) is 14.2 Å². The average Bonchev–Trinajstić information content (AvgIpc) is 2.64. The lowest BCUT2D eigenvalue weighted by Crippen LogP contribution is -2.31. The van der Waals surface area contributed by atoms with Crippen LogP contribution >= 0.6 is 0 Å². The lowest BCUT2D eigenvalue weighted by molar-refractivity contribution is -0.142. The molecule has 1 heterocycles. The van der Waals surface area contributed by atoms with Crippen LogP contribution in [0, 0.1) is 0 Å². The summed E-state index contributed by atoms with van der Waals surface area (Å²) in [5, 5.41) is 3.65. The van der Waals surface area contributed by atoms with Crippen LogP contribution in [0.5, 0.6) is 0 Å². The normalized spacial score (nSPS) is 20.2. The van der Waals surface area contributed by atoms with Gasteiger partial charge in [-0.05, 0) is 0 Å². The van der Waals surface area contributed by atoms with Gasteiger partial charge in [-0.3, -0.25) is 5.43 Å². The summed E-state index contributed by atoms with van der Waals surface area (Å²) in [4.78, 5) is 21.9. The van der Waals surface area contributed by atoms with E-state index in [1.54, 1.807) is 0 Å². The Labute approximate surface area is 74.9 Å². The Morgan fingerprint density at radius 2 is 2.15 bits per heavy atom. The molecule has 0 fully saturated rings. The summed E-state index contributed by atoms with van der Waals surface area (Å²) in [7, 11) is 2.54. The van der Waals surface area contributed by atoms with E-state index in [0.717, 1.165) is 0 Å². The zero-order chi connectivity index (χ0) is 9.84. The number of ether oxygens (including phenoxy) is 2. The van der Waals surface area contributed by atoms with E-state index in [0.29, 0.717) is 0 Å². The van der Waals surface area contributed by atoms with Crippen molar-refractivity contribution in [3.63, 3.8) is 0 Å². The predicted octanol–water partition coefficient (Wildman–Crippen LogP) is -0.950. The summed E-state index contributed by atoms with van der Waals surface area (Å²) in [6.45, 7) is 0. The van der Waals surface area contributed by atoms with Gasteiger partial charge in [0.25, 0.3) is 0 Å². The minimum atomic E-state index is -0.570. The molecule has 0 aromatic carbocycles. The molecule has 0 unspecified atom stereocenters. The third kappa shape index (κ3) is 1.95. The number of carbonyl (C=O) groups excluding carboxylic acids is 2. The van der Waals surface area contributed by atoms with Crippen molar-refractivity contribution in [2.45, 2.75) is 12.5 Å². The van der Waals surface area contributed by atoms with Crippen LogP contribution < -0.4 is 5.43 Å². The highest BCUT2D eigenvalue weighted by molar-refractivity contribution is 6.37. The van der Waals surface area contributed by atoms with Crippen LogP contribution in [-0.4, -0.2) is 37.9 Å². The smallest absolute Gasteiger partial charge is 0.354 e. The van der Waals surface area contributed by atoms with Crippen LogP contribution in [-0.2, 0) is 19.1 Å². The molecule has 72 valence electrons. The van der Waals surface area contributed by atoms with Gasteiger partial charge in [0.15, 0.2) is 0 Å². The molecule has 0 spiro atoms. The van der Waals surface area contributed by atoms with E-state index in [1.807, 2.05) is 0 Å². The summed E-state index contributed by atoms with van der Waals surface area (Å²) in [6.07, 6.45) is 0.208. The molecule has 13 heavy (non-hydrogen) atoms. The van der Waals surface area contributed by atoms with Crippen LogP contribution in [0.1, 0.15) is 6.42 Å². The molecule has 1 rings (SSSR count). The maximum Gasteiger partial charge on any atom is 0.354 e. The number of carbonyl (C=O) groups is 2. The van der Waals surface area contributed by atoms with Crippen LogP contribution in [0.4, 0.5) is 0 Å². The number of esters is 2. The van der Waals surface area contributed by atoms with Gasteiger partial charge in [0, 0.05) is 6.42 Å². The Morgan fingerprint density at radius 3 is 2.69 bits per heavy atom. The monoisotopic (exact) mass is 186 g/mol.